The van der Waals surface area contributed by atoms with Crippen molar-refractivity contribution in [2.75, 3.05) is 10.6 Å². The monoisotopic (exact) mass is 420 g/mol. The molecule has 0 radical (unpaired) electrons. The zero-order valence-corrected chi connectivity index (χ0v) is 16.9. The van der Waals surface area contributed by atoms with E-state index in [2.05, 4.69) is 10.6 Å². The number of fused-ring (bicyclic) bond motifs is 1. The highest BCUT2D eigenvalue weighted by Crippen LogP contribution is 2.26. The topological polar surface area (TPSA) is 92.3 Å². The quantitative estimate of drug-likeness (QED) is 0.657. The molecular weight excluding hydrogens is 400 g/mol. The van der Waals surface area contributed by atoms with Crippen molar-refractivity contribution in [3.63, 3.8) is 0 Å². The first kappa shape index (κ1) is 19.8. The second-order valence-electron chi connectivity index (χ2n) is 7.14. The number of amides is 2. The molecule has 0 saturated carbocycles. The Bertz CT molecular complexity index is 1200. The van der Waals surface area contributed by atoms with E-state index in [1.54, 1.807) is 66.7 Å². The van der Waals surface area contributed by atoms with E-state index in [0.717, 1.165) is 11.3 Å². The van der Waals surface area contributed by atoms with E-state index in [4.69, 9.17) is 0 Å². The number of aryl methyl sites for hydroxylation is 1. The van der Waals surface area contributed by atoms with Crippen LogP contribution >= 0.6 is 0 Å². The predicted molar refractivity (Wildman–Crippen MR) is 115 cm³/mol. The molecule has 2 amide bonds. The number of nitrogens with one attached hydrogen (secondary N) is 2. The van der Waals surface area contributed by atoms with Crippen molar-refractivity contribution in [3.8, 4) is 0 Å². The summed E-state index contributed by atoms with van der Waals surface area (Å²) in [6.45, 7) is 0. The minimum Gasteiger partial charge on any atom is -0.326 e. The van der Waals surface area contributed by atoms with Crippen molar-refractivity contribution in [1.82, 2.24) is 0 Å². The lowest BCUT2D eigenvalue weighted by Crippen LogP contribution is -2.19. The van der Waals surface area contributed by atoms with Gasteiger partial charge in [-0.25, -0.2) is 8.42 Å². The fourth-order valence-electron chi connectivity index (χ4n) is 3.35. The summed E-state index contributed by atoms with van der Waals surface area (Å²) < 4.78 is 25.0. The van der Waals surface area contributed by atoms with E-state index in [-0.39, 0.29) is 22.5 Å². The van der Waals surface area contributed by atoms with Crippen LogP contribution in [0.25, 0.3) is 0 Å². The molecule has 0 aliphatic carbocycles. The van der Waals surface area contributed by atoms with Crippen molar-refractivity contribution >= 4 is 33.0 Å². The predicted octanol–water partition coefficient (Wildman–Crippen LogP) is 3.80. The minimum atomic E-state index is -3.44. The van der Waals surface area contributed by atoms with Gasteiger partial charge in [0.05, 0.1) is 10.6 Å². The van der Waals surface area contributed by atoms with Gasteiger partial charge in [0.25, 0.3) is 5.91 Å². The van der Waals surface area contributed by atoms with Gasteiger partial charge in [0.1, 0.15) is 0 Å². The molecule has 2 N–H and O–H groups in total. The highest BCUT2D eigenvalue weighted by molar-refractivity contribution is 7.90. The first-order chi connectivity index (χ1) is 14.4. The van der Waals surface area contributed by atoms with Crippen molar-refractivity contribution in [1.29, 1.82) is 0 Å². The van der Waals surface area contributed by atoms with Crippen molar-refractivity contribution in [2.24, 2.45) is 0 Å². The summed E-state index contributed by atoms with van der Waals surface area (Å²) in [5.41, 5.74) is 3.44. The first-order valence-corrected chi connectivity index (χ1v) is 11.2. The molecule has 30 heavy (non-hydrogen) atoms. The zero-order valence-electron chi connectivity index (χ0n) is 16.1. The lowest BCUT2D eigenvalue weighted by atomic mass is 10.0. The maximum atomic E-state index is 12.6. The number of rotatable bonds is 5. The van der Waals surface area contributed by atoms with Crippen LogP contribution in [0.15, 0.2) is 77.7 Å². The molecule has 0 spiro atoms. The average Bonchev–Trinajstić information content (AvgIpc) is 2.75. The summed E-state index contributed by atoms with van der Waals surface area (Å²) in [6, 6.07) is 20.2. The van der Waals surface area contributed by atoms with Crippen molar-refractivity contribution in [3.05, 3.63) is 89.5 Å². The molecule has 0 aromatic heterocycles. The second kappa shape index (κ2) is 8.12. The SMILES string of the molecule is O=C1CCc2cc(NC(=O)c3ccc(CS(=O)(=O)c4ccccc4)cc3)ccc2N1. The summed E-state index contributed by atoms with van der Waals surface area (Å²) in [5.74, 6) is -0.420. The molecule has 3 aromatic carbocycles. The highest BCUT2D eigenvalue weighted by atomic mass is 32.2. The maximum Gasteiger partial charge on any atom is 0.255 e. The van der Waals surface area contributed by atoms with E-state index in [9.17, 15) is 18.0 Å². The Kier molecular flexibility index (Phi) is 5.37. The Hall–Kier alpha value is -3.45. The molecule has 0 atom stereocenters. The lowest BCUT2D eigenvalue weighted by molar-refractivity contribution is -0.116. The number of carbonyl (C=O) groups excluding carboxylic acids is 2. The number of benzene rings is 3. The third-order valence-electron chi connectivity index (χ3n) is 4.93. The van der Waals surface area contributed by atoms with Crippen molar-refractivity contribution < 1.29 is 18.0 Å². The second-order valence-corrected chi connectivity index (χ2v) is 9.13. The first-order valence-electron chi connectivity index (χ1n) is 9.52. The van der Waals surface area contributed by atoms with Crippen LogP contribution < -0.4 is 10.6 Å². The van der Waals surface area contributed by atoms with E-state index in [1.165, 1.54) is 0 Å². The molecule has 6 nitrogen and oxygen atoms in total. The van der Waals surface area contributed by atoms with E-state index in [1.807, 2.05) is 6.07 Å². The normalized spacial score (nSPS) is 13.3. The van der Waals surface area contributed by atoms with E-state index >= 15 is 0 Å². The molecule has 0 bridgehead atoms. The molecule has 1 aliphatic rings. The van der Waals surface area contributed by atoms with Gasteiger partial charge < -0.3 is 10.6 Å². The van der Waals surface area contributed by atoms with E-state index < -0.39 is 9.84 Å². The summed E-state index contributed by atoms with van der Waals surface area (Å²) >= 11 is 0. The van der Waals surface area contributed by atoms with Gasteiger partial charge in [-0.15, -0.1) is 0 Å². The fraction of sp³-hybridized carbons (Fsp3) is 0.130. The molecule has 7 heteroatoms. The lowest BCUT2D eigenvalue weighted by Gasteiger charge is -2.17. The Balaban J connectivity index is 1.44. The Labute approximate surface area is 174 Å². The van der Waals surface area contributed by atoms with Gasteiger partial charge in [0.15, 0.2) is 9.84 Å². The van der Waals surface area contributed by atoms with Crippen LogP contribution in [0.4, 0.5) is 11.4 Å². The Morgan fingerprint density at radius 2 is 1.67 bits per heavy atom. The van der Waals surface area contributed by atoms with Gasteiger partial charge >= 0.3 is 0 Å². The Morgan fingerprint density at radius 1 is 0.933 bits per heavy atom. The van der Waals surface area contributed by atoms with Crippen LogP contribution in [0.2, 0.25) is 0 Å². The number of hydrogen-bond donors (Lipinski definition) is 2. The molecule has 0 fully saturated rings. The largest absolute Gasteiger partial charge is 0.326 e. The van der Waals surface area contributed by atoms with Gasteiger partial charge in [-0.1, -0.05) is 30.3 Å². The van der Waals surface area contributed by atoms with Crippen LogP contribution in [0.1, 0.15) is 27.9 Å². The molecule has 0 unspecified atom stereocenters. The summed E-state index contributed by atoms with van der Waals surface area (Å²) in [4.78, 5) is 24.3. The third kappa shape index (κ3) is 4.41. The highest BCUT2D eigenvalue weighted by Gasteiger charge is 2.17. The smallest absolute Gasteiger partial charge is 0.255 e. The molecule has 4 rings (SSSR count). The van der Waals surface area contributed by atoms with Gasteiger partial charge in [0, 0.05) is 23.4 Å². The fourth-order valence-corrected chi connectivity index (χ4v) is 4.72. The van der Waals surface area contributed by atoms with Gasteiger partial charge in [-0.2, -0.15) is 0 Å². The number of hydrogen-bond acceptors (Lipinski definition) is 4. The van der Waals surface area contributed by atoms with Crippen LogP contribution in [0, 0.1) is 0 Å². The summed E-state index contributed by atoms with van der Waals surface area (Å²) in [5, 5.41) is 5.65. The number of anilines is 2. The average molecular weight is 420 g/mol. The molecular formula is C23H20N2O4S. The maximum absolute atomic E-state index is 12.6. The summed E-state index contributed by atoms with van der Waals surface area (Å²) in [7, 11) is -3.44. The number of carbonyl (C=O) groups is 2. The van der Waals surface area contributed by atoms with Crippen LogP contribution in [-0.2, 0) is 26.8 Å². The zero-order chi connectivity index (χ0) is 21.1. The molecule has 1 heterocycles. The van der Waals surface area contributed by atoms with Crippen LogP contribution in [0.3, 0.4) is 0 Å². The van der Waals surface area contributed by atoms with Crippen LogP contribution in [0.5, 0.6) is 0 Å². The van der Waals surface area contributed by atoms with E-state index in [0.29, 0.717) is 29.7 Å². The molecule has 3 aromatic rings. The van der Waals surface area contributed by atoms with Crippen molar-refractivity contribution in [2.45, 2.75) is 23.5 Å². The molecule has 1 aliphatic heterocycles. The van der Waals surface area contributed by atoms with Gasteiger partial charge in [-0.3, -0.25) is 9.59 Å². The standard InChI is InChI=1S/C23H20N2O4S/c26-22-13-10-18-14-19(11-12-21(18)25-22)24-23(27)17-8-6-16(7-9-17)15-30(28,29)20-4-2-1-3-5-20/h1-9,11-12,14H,10,13,15H2,(H,24,27)(H,25,26). The van der Waals surface area contributed by atoms with Crippen LogP contribution in [-0.4, -0.2) is 20.2 Å². The molecule has 152 valence electrons. The van der Waals surface area contributed by atoms with Gasteiger partial charge in [0.2, 0.25) is 5.91 Å². The Morgan fingerprint density at radius 3 is 2.40 bits per heavy atom. The minimum absolute atomic E-state index is 0.00588. The number of sulfone groups is 1. The third-order valence-corrected chi connectivity index (χ3v) is 6.64. The summed E-state index contributed by atoms with van der Waals surface area (Å²) in [6.07, 6.45) is 1.06. The van der Waals surface area contributed by atoms with Gasteiger partial charge in [-0.05, 0) is 60.0 Å². The molecule has 0 saturated heterocycles.